The molecule has 0 atom stereocenters. The number of hydrogen-bond acceptors (Lipinski definition) is 2. The third-order valence-corrected chi connectivity index (χ3v) is 4.42. The van der Waals surface area contributed by atoms with Gasteiger partial charge in [0.25, 0.3) is 0 Å². The highest BCUT2D eigenvalue weighted by atomic mass is 32.2. The van der Waals surface area contributed by atoms with Gasteiger partial charge >= 0.3 is 0 Å². The zero-order valence-corrected chi connectivity index (χ0v) is 13.4. The van der Waals surface area contributed by atoms with Crippen LogP contribution >= 0.6 is 11.8 Å². The van der Waals surface area contributed by atoms with E-state index in [1.165, 1.54) is 61.2 Å². The van der Waals surface area contributed by atoms with Crippen molar-refractivity contribution in [2.75, 3.05) is 12.8 Å². The SMILES string of the molecule is CCCCCCCCCSc1ccc(CNC)cc1. The van der Waals surface area contributed by atoms with Crippen LogP contribution in [0.3, 0.4) is 0 Å². The molecule has 0 heterocycles. The predicted octanol–water partition coefficient (Wildman–Crippen LogP) is 5.25. The van der Waals surface area contributed by atoms with E-state index in [0.717, 1.165) is 6.54 Å². The monoisotopic (exact) mass is 279 g/mol. The molecule has 0 unspecified atom stereocenters. The molecule has 0 amide bonds. The first-order valence-corrected chi connectivity index (χ1v) is 8.71. The fraction of sp³-hybridized carbons (Fsp3) is 0.647. The van der Waals surface area contributed by atoms with Crippen molar-refractivity contribution in [2.45, 2.75) is 63.3 Å². The normalized spacial score (nSPS) is 10.8. The van der Waals surface area contributed by atoms with E-state index in [1.54, 1.807) is 0 Å². The van der Waals surface area contributed by atoms with Gasteiger partial charge in [-0.2, -0.15) is 0 Å². The minimum absolute atomic E-state index is 0.961. The van der Waals surface area contributed by atoms with Crippen LogP contribution in [-0.2, 0) is 6.54 Å². The molecule has 0 saturated carbocycles. The molecule has 19 heavy (non-hydrogen) atoms. The van der Waals surface area contributed by atoms with Crippen LogP contribution in [0.4, 0.5) is 0 Å². The maximum absolute atomic E-state index is 3.18. The second-order valence-electron chi connectivity index (χ2n) is 5.14. The van der Waals surface area contributed by atoms with Gasteiger partial charge in [0.05, 0.1) is 0 Å². The second kappa shape index (κ2) is 11.4. The zero-order chi connectivity index (χ0) is 13.8. The largest absolute Gasteiger partial charge is 0.316 e. The lowest BCUT2D eigenvalue weighted by Crippen LogP contribution is -2.04. The van der Waals surface area contributed by atoms with E-state index >= 15 is 0 Å². The molecule has 0 aliphatic heterocycles. The van der Waals surface area contributed by atoms with Gasteiger partial charge in [-0.05, 0) is 36.9 Å². The Balaban J connectivity index is 2.02. The Hall–Kier alpha value is -0.470. The fourth-order valence-corrected chi connectivity index (χ4v) is 3.07. The lowest BCUT2D eigenvalue weighted by Gasteiger charge is -2.04. The summed E-state index contributed by atoms with van der Waals surface area (Å²) in [5, 5.41) is 3.18. The Morgan fingerprint density at radius 3 is 2.16 bits per heavy atom. The third kappa shape index (κ3) is 8.33. The number of thioether (sulfide) groups is 1. The predicted molar refractivity (Wildman–Crippen MR) is 87.9 cm³/mol. The van der Waals surface area contributed by atoms with Gasteiger partial charge in [-0.1, -0.05) is 57.6 Å². The lowest BCUT2D eigenvalue weighted by atomic mass is 10.1. The number of benzene rings is 1. The van der Waals surface area contributed by atoms with Gasteiger partial charge in [0, 0.05) is 11.4 Å². The van der Waals surface area contributed by atoms with Crippen LogP contribution in [0, 0.1) is 0 Å². The Bertz CT molecular complexity index is 308. The van der Waals surface area contributed by atoms with Gasteiger partial charge in [-0.25, -0.2) is 0 Å². The summed E-state index contributed by atoms with van der Waals surface area (Å²) in [6, 6.07) is 8.95. The van der Waals surface area contributed by atoms with Gasteiger partial charge in [0.2, 0.25) is 0 Å². The fourth-order valence-electron chi connectivity index (χ4n) is 2.16. The molecule has 0 aromatic heterocycles. The number of nitrogens with one attached hydrogen (secondary N) is 1. The molecule has 0 bridgehead atoms. The van der Waals surface area contributed by atoms with Crippen LogP contribution in [0.1, 0.15) is 57.4 Å². The molecule has 0 spiro atoms. The van der Waals surface area contributed by atoms with Crippen molar-refractivity contribution < 1.29 is 0 Å². The van der Waals surface area contributed by atoms with Gasteiger partial charge in [0.15, 0.2) is 0 Å². The molecular formula is C17H29NS. The van der Waals surface area contributed by atoms with Crippen LogP contribution in [0.25, 0.3) is 0 Å². The van der Waals surface area contributed by atoms with E-state index in [4.69, 9.17) is 0 Å². The summed E-state index contributed by atoms with van der Waals surface area (Å²) in [7, 11) is 1.99. The molecule has 0 saturated heterocycles. The Labute approximate surface area is 123 Å². The summed E-state index contributed by atoms with van der Waals surface area (Å²) in [6.45, 7) is 3.24. The van der Waals surface area contributed by atoms with Crippen molar-refractivity contribution in [3.63, 3.8) is 0 Å². The third-order valence-electron chi connectivity index (χ3n) is 3.32. The van der Waals surface area contributed by atoms with E-state index in [2.05, 4.69) is 36.5 Å². The van der Waals surface area contributed by atoms with Gasteiger partial charge in [-0.15, -0.1) is 11.8 Å². The summed E-state index contributed by atoms with van der Waals surface area (Å²) in [5.74, 6) is 1.26. The maximum Gasteiger partial charge on any atom is 0.0202 e. The first-order chi connectivity index (χ1) is 9.36. The molecular weight excluding hydrogens is 250 g/mol. The minimum atomic E-state index is 0.961. The molecule has 0 fully saturated rings. The van der Waals surface area contributed by atoms with Crippen molar-refractivity contribution in [1.29, 1.82) is 0 Å². The summed E-state index contributed by atoms with van der Waals surface area (Å²) in [6.07, 6.45) is 9.78. The average molecular weight is 279 g/mol. The summed E-state index contributed by atoms with van der Waals surface area (Å²) in [5.41, 5.74) is 1.36. The highest BCUT2D eigenvalue weighted by molar-refractivity contribution is 7.99. The molecule has 1 aromatic carbocycles. The van der Waals surface area contributed by atoms with Gasteiger partial charge in [-0.3, -0.25) is 0 Å². The van der Waals surface area contributed by atoms with Gasteiger partial charge < -0.3 is 5.32 Å². The number of rotatable bonds is 11. The van der Waals surface area contributed by atoms with E-state index < -0.39 is 0 Å². The maximum atomic E-state index is 3.18. The topological polar surface area (TPSA) is 12.0 Å². The minimum Gasteiger partial charge on any atom is -0.316 e. The first kappa shape index (κ1) is 16.6. The van der Waals surface area contributed by atoms with E-state index in [-0.39, 0.29) is 0 Å². The highest BCUT2D eigenvalue weighted by Gasteiger charge is 1.96. The molecule has 0 aliphatic carbocycles. The standard InChI is InChI=1S/C17H29NS/c1-3-4-5-6-7-8-9-14-19-17-12-10-16(11-13-17)15-18-2/h10-13,18H,3-9,14-15H2,1-2H3. The summed E-state index contributed by atoms with van der Waals surface area (Å²) >= 11 is 2.00. The molecule has 108 valence electrons. The Morgan fingerprint density at radius 2 is 1.53 bits per heavy atom. The van der Waals surface area contributed by atoms with Crippen LogP contribution in [0.15, 0.2) is 29.2 Å². The molecule has 2 heteroatoms. The smallest absolute Gasteiger partial charge is 0.0202 e. The van der Waals surface area contributed by atoms with Crippen molar-refractivity contribution in [3.05, 3.63) is 29.8 Å². The zero-order valence-electron chi connectivity index (χ0n) is 12.6. The van der Waals surface area contributed by atoms with Crippen LogP contribution < -0.4 is 5.32 Å². The van der Waals surface area contributed by atoms with E-state index in [1.807, 2.05) is 18.8 Å². The van der Waals surface area contributed by atoms with E-state index in [9.17, 15) is 0 Å². The Kier molecular flexibility index (Phi) is 9.92. The molecule has 1 rings (SSSR count). The van der Waals surface area contributed by atoms with Gasteiger partial charge in [0.1, 0.15) is 0 Å². The Morgan fingerprint density at radius 1 is 0.895 bits per heavy atom. The average Bonchev–Trinajstić information content (AvgIpc) is 2.44. The van der Waals surface area contributed by atoms with Crippen molar-refractivity contribution >= 4 is 11.8 Å². The van der Waals surface area contributed by atoms with Crippen LogP contribution in [-0.4, -0.2) is 12.8 Å². The van der Waals surface area contributed by atoms with E-state index in [0.29, 0.717) is 0 Å². The number of unbranched alkanes of at least 4 members (excludes halogenated alkanes) is 6. The lowest BCUT2D eigenvalue weighted by molar-refractivity contribution is 0.603. The molecule has 1 aromatic rings. The van der Waals surface area contributed by atoms with Crippen LogP contribution in [0.5, 0.6) is 0 Å². The summed E-state index contributed by atoms with van der Waals surface area (Å²) in [4.78, 5) is 1.41. The summed E-state index contributed by atoms with van der Waals surface area (Å²) < 4.78 is 0. The van der Waals surface area contributed by atoms with Crippen LogP contribution in [0.2, 0.25) is 0 Å². The van der Waals surface area contributed by atoms with Crippen molar-refractivity contribution in [2.24, 2.45) is 0 Å². The van der Waals surface area contributed by atoms with Crippen molar-refractivity contribution in [3.8, 4) is 0 Å². The molecule has 0 radical (unpaired) electrons. The number of hydrogen-bond donors (Lipinski definition) is 1. The quantitative estimate of drug-likeness (QED) is 0.438. The molecule has 0 aliphatic rings. The van der Waals surface area contributed by atoms with Crippen molar-refractivity contribution in [1.82, 2.24) is 5.32 Å². The highest BCUT2D eigenvalue weighted by Crippen LogP contribution is 2.20. The second-order valence-corrected chi connectivity index (χ2v) is 6.31. The first-order valence-electron chi connectivity index (χ1n) is 7.73. The molecule has 1 nitrogen and oxygen atoms in total. The molecule has 1 N–H and O–H groups in total.